The zero-order chi connectivity index (χ0) is 64.0. The van der Waals surface area contributed by atoms with Crippen molar-refractivity contribution in [2.45, 2.75) is 81.2 Å². The van der Waals surface area contributed by atoms with E-state index < -0.39 is 114 Å². The minimum atomic E-state index is -2.10. The molecule has 0 spiro atoms. The van der Waals surface area contributed by atoms with E-state index in [-0.39, 0.29) is 108 Å². The fourth-order valence-corrected chi connectivity index (χ4v) is 10.6. The Bertz CT molecular complexity index is 3600. The Labute approximate surface area is 508 Å². The monoisotopic (exact) mass is 1240 g/mol. The highest BCUT2D eigenvalue weighted by Crippen LogP contribution is 2.48. The molecule has 11 bridgehead atoms. The number of fused-ring (bicyclic) bond motifs is 15. The van der Waals surface area contributed by atoms with E-state index in [1.54, 1.807) is 0 Å². The maximum absolute atomic E-state index is 15.8. The Balaban J connectivity index is 1.42. The number of benzene rings is 5. The molecule has 5 aliphatic heterocycles. The van der Waals surface area contributed by atoms with Gasteiger partial charge in [0.2, 0.25) is 47.1 Å². The Morgan fingerprint density at radius 2 is 1.26 bits per heavy atom. The zero-order valence-electron chi connectivity index (χ0n) is 49.0. The summed E-state index contributed by atoms with van der Waals surface area (Å²) in [5.74, 6) is -11.2. The summed E-state index contributed by atoms with van der Waals surface area (Å²) in [5, 5.41) is 42.4. The number of ether oxygens (including phenoxy) is 8. The number of carbonyl (C=O) groups is 9. The van der Waals surface area contributed by atoms with Gasteiger partial charge in [0.1, 0.15) is 76.7 Å². The number of nitrogens with two attached hydrogens (primary N) is 1. The molecule has 0 radical (unpaired) electrons. The van der Waals surface area contributed by atoms with Crippen LogP contribution >= 0.6 is 11.6 Å². The molecule has 27 nitrogen and oxygen atoms in total. The molecule has 5 aliphatic rings. The molecule has 5 aromatic carbocycles. The number of likely N-dealkylation sites (N-methyl/N-ethyl adjacent to an activating group) is 1. The number of hydrogen-bond donors (Lipinski definition) is 10. The number of primary amides is 1. The van der Waals surface area contributed by atoms with Crippen molar-refractivity contribution in [2.75, 3.05) is 49.7 Å². The first-order valence-electron chi connectivity index (χ1n) is 27.2. The topological polar surface area (TPSA) is 378 Å². The standard InChI is InChI=1S/C60H65ClN8O19/c1-25(2)16-35(63-3)53(73)68-48-50(71)27-11-14-38(32(18-27)59(79)85-8)87-41-20-29-21-42(52(41)84-7)88-39-15-12-28(19-34(39)61)51(72)49-58(78)67-47(60(80)86-9)33-22-30(81-4)23-40(83-6)44(33)31-17-26(10-13-37(31)82-5)45(55(75)69-49)66-56(76)46(29)65-54(74)36(24-43(62)70)64-57(48)77/h10-15,17-23,25,35-36,45-51,63,71-72H,16,24H2,1-9H3,(H2,62,70)(H,64,77)(H,65,74)(H,66,76)(H,67,78)(H,68,73)(H,69,75)/t35-,36+,45-,46-,47+,48-,49+,50-,51-/m1/s1. The van der Waals surface area contributed by atoms with Gasteiger partial charge < -0.3 is 91.1 Å². The zero-order valence-corrected chi connectivity index (χ0v) is 49.7. The predicted octanol–water partition coefficient (Wildman–Crippen LogP) is 2.83. The fourth-order valence-electron chi connectivity index (χ4n) is 10.4. The number of nitrogens with one attached hydrogen (secondary N) is 7. The number of halogens is 1. The van der Waals surface area contributed by atoms with Crippen LogP contribution in [0.25, 0.3) is 11.1 Å². The molecular weight excluding hydrogens is 1170 g/mol. The molecular formula is C60H65ClN8O19. The minimum absolute atomic E-state index is 0.00474. The SMILES string of the molecule is CN[C@H](CC(C)C)C(=O)N[C@H]1C(=O)N[C@@H](CC(N)=O)C(=O)N[C@H]2C(=O)N[C@H]3C(=O)N[C@H](C(=O)N[C@H](C(=O)OC)c4cc(OC)cc(OC)c4-c4cc3ccc4OC)[C@H](O)c3ccc(c(Cl)c3)Oc3cc2cc(c3OC)Oc2ccc(cc2C(=O)OC)[C@H]1O. The van der Waals surface area contributed by atoms with E-state index in [1.807, 2.05) is 13.8 Å². The molecule has 0 saturated heterocycles. The number of hydrogen-bond acceptors (Lipinski definition) is 20. The highest BCUT2D eigenvalue weighted by Gasteiger charge is 2.42. The number of esters is 2. The second-order valence-corrected chi connectivity index (χ2v) is 21.3. The van der Waals surface area contributed by atoms with E-state index in [1.165, 1.54) is 108 Å². The first kappa shape index (κ1) is 64.3. The van der Waals surface area contributed by atoms with Gasteiger partial charge in [0.25, 0.3) is 0 Å². The van der Waals surface area contributed by atoms with Crippen LogP contribution in [0.2, 0.25) is 5.02 Å². The van der Waals surface area contributed by atoms with Gasteiger partial charge in [-0.15, -0.1) is 0 Å². The van der Waals surface area contributed by atoms with E-state index in [2.05, 4.69) is 37.2 Å². The summed E-state index contributed by atoms with van der Waals surface area (Å²) in [6, 6.07) is 4.19. The van der Waals surface area contributed by atoms with E-state index >= 15 is 14.4 Å². The first-order valence-corrected chi connectivity index (χ1v) is 27.6. The molecule has 466 valence electrons. The molecule has 11 N–H and O–H groups in total. The number of methoxy groups -OCH3 is 6. The third kappa shape index (κ3) is 13.5. The van der Waals surface area contributed by atoms with Gasteiger partial charge in [-0.05, 0) is 96.2 Å². The molecule has 0 unspecified atom stereocenters. The third-order valence-electron chi connectivity index (χ3n) is 14.8. The highest BCUT2D eigenvalue weighted by molar-refractivity contribution is 6.32. The summed E-state index contributed by atoms with van der Waals surface area (Å²) in [7, 11) is 8.85. The van der Waals surface area contributed by atoms with Crippen LogP contribution in [-0.2, 0) is 47.8 Å². The summed E-state index contributed by atoms with van der Waals surface area (Å²) in [6.07, 6.45) is -4.74. The number of carbonyl (C=O) groups excluding carboxylic acids is 9. The minimum Gasteiger partial charge on any atom is -0.497 e. The molecule has 0 saturated carbocycles. The van der Waals surface area contributed by atoms with E-state index in [9.17, 15) is 39.0 Å². The van der Waals surface area contributed by atoms with Crippen molar-refractivity contribution in [1.82, 2.24) is 37.2 Å². The molecule has 9 atom stereocenters. The van der Waals surface area contributed by atoms with Crippen molar-refractivity contribution < 1.29 is 91.3 Å². The Kier molecular flexibility index (Phi) is 20.0. The number of aliphatic hydroxyl groups excluding tert-OH is 2. The van der Waals surface area contributed by atoms with E-state index in [0.717, 1.165) is 20.3 Å². The van der Waals surface area contributed by atoms with Crippen LogP contribution in [0, 0.1) is 5.92 Å². The van der Waals surface area contributed by atoms with E-state index in [0.29, 0.717) is 0 Å². The number of aliphatic hydroxyl groups is 2. The van der Waals surface area contributed by atoms with Crippen LogP contribution in [-0.4, -0.2) is 137 Å². The van der Waals surface area contributed by atoms with Crippen LogP contribution in [0.3, 0.4) is 0 Å². The molecule has 5 aromatic rings. The predicted molar refractivity (Wildman–Crippen MR) is 310 cm³/mol. The lowest BCUT2D eigenvalue weighted by atomic mass is 9.89. The lowest BCUT2D eigenvalue weighted by Crippen LogP contribution is -2.59. The lowest BCUT2D eigenvalue weighted by molar-refractivity contribution is -0.146. The quantitative estimate of drug-likeness (QED) is 0.0758. The highest BCUT2D eigenvalue weighted by atomic mass is 35.5. The lowest BCUT2D eigenvalue weighted by Gasteiger charge is -2.32. The largest absolute Gasteiger partial charge is 0.497 e. The molecule has 0 fully saturated rings. The Morgan fingerprint density at radius 3 is 1.86 bits per heavy atom. The molecule has 10 rings (SSSR count). The molecule has 0 aromatic heterocycles. The molecule has 88 heavy (non-hydrogen) atoms. The van der Waals surface area contributed by atoms with Gasteiger partial charge in [0.05, 0.1) is 60.1 Å². The fraction of sp³-hybridized carbons (Fsp3) is 0.350. The van der Waals surface area contributed by atoms with Gasteiger partial charge in [-0.3, -0.25) is 33.6 Å². The summed E-state index contributed by atoms with van der Waals surface area (Å²) < 4.78 is 46.4. The van der Waals surface area contributed by atoms with Crippen molar-refractivity contribution in [3.05, 3.63) is 117 Å². The second-order valence-electron chi connectivity index (χ2n) is 20.9. The van der Waals surface area contributed by atoms with Gasteiger partial charge in [-0.25, -0.2) is 9.59 Å². The summed E-state index contributed by atoms with van der Waals surface area (Å²) in [6.45, 7) is 3.70. The van der Waals surface area contributed by atoms with Gasteiger partial charge >= 0.3 is 11.9 Å². The van der Waals surface area contributed by atoms with Gasteiger partial charge in [0, 0.05) is 22.8 Å². The average Bonchev–Trinajstić information content (AvgIpc) is 1.80. The molecule has 0 aliphatic carbocycles. The summed E-state index contributed by atoms with van der Waals surface area (Å²) in [4.78, 5) is 131. The van der Waals surface area contributed by atoms with Crippen molar-refractivity contribution in [3.63, 3.8) is 0 Å². The number of rotatable bonds is 13. The van der Waals surface area contributed by atoms with Crippen LogP contribution in [0.1, 0.15) is 95.2 Å². The summed E-state index contributed by atoms with van der Waals surface area (Å²) in [5.41, 5.74) is 4.99. The van der Waals surface area contributed by atoms with Gasteiger partial charge in [-0.1, -0.05) is 43.6 Å². The van der Waals surface area contributed by atoms with Gasteiger partial charge in [-0.2, -0.15) is 0 Å². The normalized spacial score (nSPS) is 21.2. The van der Waals surface area contributed by atoms with Crippen molar-refractivity contribution in [2.24, 2.45) is 11.7 Å². The maximum atomic E-state index is 15.8. The van der Waals surface area contributed by atoms with E-state index in [4.69, 9.17) is 55.2 Å². The Morgan fingerprint density at radius 1 is 0.636 bits per heavy atom. The van der Waals surface area contributed by atoms with Crippen LogP contribution in [0.15, 0.2) is 78.9 Å². The molecule has 28 heteroatoms. The van der Waals surface area contributed by atoms with Crippen LogP contribution in [0.5, 0.6) is 46.0 Å². The van der Waals surface area contributed by atoms with Gasteiger partial charge in [0.15, 0.2) is 17.5 Å². The summed E-state index contributed by atoms with van der Waals surface area (Å²) >= 11 is 6.95. The van der Waals surface area contributed by atoms with Crippen LogP contribution in [0.4, 0.5) is 0 Å². The maximum Gasteiger partial charge on any atom is 0.341 e. The van der Waals surface area contributed by atoms with Crippen molar-refractivity contribution >= 4 is 64.9 Å². The number of amides is 7. The van der Waals surface area contributed by atoms with Crippen LogP contribution < -0.4 is 71.4 Å². The molecule has 7 amide bonds. The smallest absolute Gasteiger partial charge is 0.341 e. The van der Waals surface area contributed by atoms with Crippen molar-refractivity contribution in [3.8, 4) is 57.1 Å². The first-order chi connectivity index (χ1) is 42.0. The Hall–Kier alpha value is -9.70. The molecule has 5 heterocycles. The second kappa shape index (κ2) is 27.3. The van der Waals surface area contributed by atoms with Crippen molar-refractivity contribution in [1.29, 1.82) is 0 Å². The third-order valence-corrected chi connectivity index (χ3v) is 15.1. The average molecular weight is 1240 g/mol.